The lowest BCUT2D eigenvalue weighted by Gasteiger charge is -2.53. The molecule has 0 saturated heterocycles. The second-order valence-electron chi connectivity index (χ2n) is 8.59. The highest BCUT2D eigenvalue weighted by atomic mass is 16.2. The molecule has 4 nitrogen and oxygen atoms in total. The van der Waals surface area contributed by atoms with Crippen LogP contribution in [-0.2, 0) is 16.0 Å². The fourth-order valence-corrected chi connectivity index (χ4v) is 5.65. The summed E-state index contributed by atoms with van der Waals surface area (Å²) >= 11 is 0. The van der Waals surface area contributed by atoms with E-state index in [1.807, 2.05) is 6.07 Å². The Kier molecular flexibility index (Phi) is 4.42. The van der Waals surface area contributed by atoms with Gasteiger partial charge < -0.3 is 10.6 Å². The van der Waals surface area contributed by atoms with E-state index in [1.165, 1.54) is 5.56 Å². The minimum atomic E-state index is -0.646. The monoisotopic (exact) mass is 342 g/mol. The number of nitrogens with one attached hydrogen (secondary N) is 2. The van der Waals surface area contributed by atoms with Crippen molar-refractivity contribution in [2.75, 3.05) is 0 Å². The van der Waals surface area contributed by atoms with Gasteiger partial charge in [-0.05, 0) is 35.7 Å². The normalized spacial score (nSPS) is 31.6. The molecule has 1 aromatic rings. The zero-order valence-corrected chi connectivity index (χ0v) is 15.9. The van der Waals surface area contributed by atoms with Crippen molar-refractivity contribution in [1.82, 2.24) is 10.6 Å². The van der Waals surface area contributed by atoms with Crippen LogP contribution in [0.2, 0.25) is 0 Å². The van der Waals surface area contributed by atoms with Crippen molar-refractivity contribution in [2.24, 2.45) is 29.1 Å². The van der Waals surface area contributed by atoms with Crippen molar-refractivity contribution in [1.29, 1.82) is 0 Å². The molecular weight excluding hydrogens is 312 g/mol. The largest absolute Gasteiger partial charge is 0.333 e. The van der Waals surface area contributed by atoms with E-state index in [0.29, 0.717) is 11.8 Å². The number of hydrogen-bond donors (Lipinski definition) is 2. The number of fused-ring (bicyclic) bond motifs is 2. The van der Waals surface area contributed by atoms with Crippen LogP contribution in [0.25, 0.3) is 0 Å². The smallest absolute Gasteiger partial charge is 0.218 e. The third kappa shape index (κ3) is 2.86. The van der Waals surface area contributed by atoms with E-state index in [4.69, 9.17) is 0 Å². The summed E-state index contributed by atoms with van der Waals surface area (Å²) in [5, 5.41) is 6.37. The van der Waals surface area contributed by atoms with Crippen LogP contribution in [0.4, 0.5) is 0 Å². The van der Waals surface area contributed by atoms with E-state index >= 15 is 0 Å². The van der Waals surface area contributed by atoms with Gasteiger partial charge in [-0.3, -0.25) is 9.59 Å². The maximum absolute atomic E-state index is 12.1. The number of carbonyl (C=O) groups excluding carboxylic acids is 2. The van der Waals surface area contributed by atoms with Gasteiger partial charge in [0.05, 0.1) is 0 Å². The first kappa shape index (κ1) is 18.0. The maximum Gasteiger partial charge on any atom is 0.218 e. The number of benzene rings is 1. The van der Waals surface area contributed by atoms with Gasteiger partial charge in [0.2, 0.25) is 11.8 Å². The molecule has 2 aliphatic carbocycles. The molecule has 136 valence electrons. The molecule has 25 heavy (non-hydrogen) atoms. The highest BCUT2D eigenvalue weighted by molar-refractivity contribution is 5.78. The Morgan fingerprint density at radius 2 is 1.60 bits per heavy atom. The Morgan fingerprint density at radius 3 is 2.12 bits per heavy atom. The van der Waals surface area contributed by atoms with Crippen LogP contribution in [0.1, 0.15) is 46.6 Å². The molecule has 2 aliphatic rings. The van der Waals surface area contributed by atoms with Gasteiger partial charge in [0.1, 0.15) is 5.66 Å². The Balaban J connectivity index is 2.05. The van der Waals surface area contributed by atoms with Crippen molar-refractivity contribution in [3.8, 4) is 0 Å². The summed E-state index contributed by atoms with van der Waals surface area (Å²) in [5.74, 6) is 1.19. The summed E-state index contributed by atoms with van der Waals surface area (Å²) in [7, 11) is 0. The zero-order valence-electron chi connectivity index (χ0n) is 15.9. The number of amides is 2. The molecule has 2 saturated carbocycles. The third-order valence-corrected chi connectivity index (χ3v) is 6.96. The average Bonchev–Trinajstić information content (AvgIpc) is 2.92. The molecule has 2 fully saturated rings. The third-order valence-electron chi connectivity index (χ3n) is 6.96. The second-order valence-corrected chi connectivity index (χ2v) is 8.59. The molecule has 0 spiro atoms. The van der Waals surface area contributed by atoms with E-state index in [-0.39, 0.29) is 29.1 Å². The quantitative estimate of drug-likeness (QED) is 0.826. The van der Waals surface area contributed by atoms with E-state index in [2.05, 4.69) is 55.7 Å². The van der Waals surface area contributed by atoms with Gasteiger partial charge in [-0.2, -0.15) is 0 Å². The molecule has 4 heteroatoms. The number of carbonyl (C=O) groups is 2. The molecule has 0 radical (unpaired) electrons. The maximum atomic E-state index is 12.1. The minimum Gasteiger partial charge on any atom is -0.333 e. The van der Waals surface area contributed by atoms with Crippen LogP contribution in [0.5, 0.6) is 0 Å². The Morgan fingerprint density at radius 1 is 1.04 bits per heavy atom. The van der Waals surface area contributed by atoms with Crippen LogP contribution < -0.4 is 10.6 Å². The predicted octanol–water partition coefficient (Wildman–Crippen LogP) is 3.13. The van der Waals surface area contributed by atoms with Gasteiger partial charge in [0.15, 0.2) is 0 Å². The van der Waals surface area contributed by atoms with Crippen LogP contribution in [0, 0.1) is 29.1 Å². The molecule has 0 heterocycles. The van der Waals surface area contributed by atoms with Gasteiger partial charge in [-0.1, -0.05) is 51.1 Å². The first-order chi connectivity index (χ1) is 11.7. The molecule has 2 bridgehead atoms. The first-order valence-electron chi connectivity index (χ1n) is 9.30. The predicted molar refractivity (Wildman–Crippen MR) is 98.5 cm³/mol. The molecule has 0 unspecified atom stereocenters. The van der Waals surface area contributed by atoms with Crippen LogP contribution in [0.15, 0.2) is 30.3 Å². The Bertz CT molecular complexity index is 652. The van der Waals surface area contributed by atoms with Crippen molar-refractivity contribution >= 4 is 11.8 Å². The molecule has 2 amide bonds. The molecule has 2 N–H and O–H groups in total. The van der Waals surface area contributed by atoms with Gasteiger partial charge in [-0.15, -0.1) is 0 Å². The summed E-state index contributed by atoms with van der Waals surface area (Å²) < 4.78 is 0. The van der Waals surface area contributed by atoms with E-state index in [1.54, 1.807) is 13.8 Å². The van der Waals surface area contributed by atoms with Gasteiger partial charge >= 0.3 is 0 Å². The van der Waals surface area contributed by atoms with E-state index in [9.17, 15) is 9.59 Å². The molecule has 0 aliphatic heterocycles. The van der Waals surface area contributed by atoms with Crippen molar-refractivity contribution in [2.45, 2.75) is 53.1 Å². The zero-order chi connectivity index (χ0) is 18.4. The Hall–Kier alpha value is -1.84. The van der Waals surface area contributed by atoms with Crippen LogP contribution >= 0.6 is 0 Å². The summed E-state index contributed by atoms with van der Waals surface area (Å²) in [6, 6.07) is 10.4. The lowest BCUT2D eigenvalue weighted by molar-refractivity contribution is -0.131. The first-order valence-corrected chi connectivity index (χ1v) is 9.30. The van der Waals surface area contributed by atoms with Gasteiger partial charge in [-0.25, -0.2) is 0 Å². The number of hydrogen-bond acceptors (Lipinski definition) is 2. The highest BCUT2D eigenvalue weighted by Crippen LogP contribution is 2.65. The van der Waals surface area contributed by atoms with Gasteiger partial charge in [0.25, 0.3) is 0 Å². The summed E-state index contributed by atoms with van der Waals surface area (Å²) in [6.45, 7) is 10.0. The molecule has 3 rings (SSSR count). The van der Waals surface area contributed by atoms with Crippen molar-refractivity contribution in [3.63, 3.8) is 0 Å². The molecule has 4 atom stereocenters. The minimum absolute atomic E-state index is 0.0793. The fourth-order valence-electron chi connectivity index (χ4n) is 5.65. The van der Waals surface area contributed by atoms with Crippen molar-refractivity contribution < 1.29 is 9.59 Å². The van der Waals surface area contributed by atoms with E-state index < -0.39 is 5.66 Å². The second kappa shape index (κ2) is 6.15. The molecular formula is C21H30N2O2. The lowest BCUT2D eigenvalue weighted by Crippen LogP contribution is -2.70. The van der Waals surface area contributed by atoms with Crippen LogP contribution in [-0.4, -0.2) is 17.5 Å². The molecule has 1 aromatic carbocycles. The summed E-state index contributed by atoms with van der Waals surface area (Å²) in [4.78, 5) is 24.1. The standard InChI is InChI=1S/C21H30N2O2/c1-13-17-12-18(20(13,4)5)19(11-16-9-7-6-8-10-16)21(17,22-14(2)24)23-15(3)25/h6-10,13,17-19H,11-12H2,1-5H3,(H,22,24)(H,23,25)/t13-,17+,18-,19+/m1/s1. The Labute approximate surface area is 150 Å². The highest BCUT2D eigenvalue weighted by Gasteiger charge is 2.67. The average molecular weight is 342 g/mol. The summed E-state index contributed by atoms with van der Waals surface area (Å²) in [5.41, 5.74) is 0.807. The SMILES string of the molecule is CC(=O)NC1(NC(C)=O)[C@H]2C[C@H]([C@@H]1Cc1ccccc1)C(C)(C)[C@@H]2C. The fraction of sp³-hybridized carbons (Fsp3) is 0.619. The lowest BCUT2D eigenvalue weighted by atomic mass is 9.60. The molecule has 0 aromatic heterocycles. The number of rotatable bonds is 4. The van der Waals surface area contributed by atoms with Gasteiger partial charge in [0, 0.05) is 25.7 Å². The van der Waals surface area contributed by atoms with Crippen LogP contribution in [0.3, 0.4) is 0 Å². The topological polar surface area (TPSA) is 58.2 Å². The van der Waals surface area contributed by atoms with Crippen molar-refractivity contribution in [3.05, 3.63) is 35.9 Å². The summed E-state index contributed by atoms with van der Waals surface area (Å²) in [6.07, 6.45) is 1.91. The van der Waals surface area contributed by atoms with E-state index in [0.717, 1.165) is 12.8 Å².